The highest BCUT2D eigenvalue weighted by Gasteiger charge is 2.31. The van der Waals surface area contributed by atoms with E-state index in [0.29, 0.717) is 11.3 Å². The minimum atomic E-state index is -0.480. The zero-order valence-electron chi connectivity index (χ0n) is 12.6. The summed E-state index contributed by atoms with van der Waals surface area (Å²) < 4.78 is 11.9. The van der Waals surface area contributed by atoms with E-state index in [4.69, 9.17) is 9.15 Å². The van der Waals surface area contributed by atoms with Gasteiger partial charge in [0, 0.05) is 15.9 Å². The van der Waals surface area contributed by atoms with Gasteiger partial charge in [-0.15, -0.1) is 0 Å². The first kappa shape index (κ1) is 14.9. The molecule has 0 radical (unpaired) electrons. The van der Waals surface area contributed by atoms with E-state index >= 15 is 0 Å². The molecule has 0 bridgehead atoms. The number of ketones is 1. The van der Waals surface area contributed by atoms with Gasteiger partial charge in [-0.3, -0.25) is 4.79 Å². The molecule has 1 aromatic heterocycles. The average Bonchev–Trinajstić information content (AvgIpc) is 2.86. The molecular formula is C19H11BrO4. The van der Waals surface area contributed by atoms with Gasteiger partial charge < -0.3 is 9.15 Å². The molecule has 1 aliphatic rings. The topological polar surface area (TPSA) is 56.5 Å². The number of allylic oxidation sites excluding steroid dienone is 1. The molecule has 5 heteroatoms. The number of halogens is 1. The molecule has 4 nitrogen and oxygen atoms in total. The quantitative estimate of drug-likeness (QED) is 0.459. The zero-order chi connectivity index (χ0) is 16.8. The van der Waals surface area contributed by atoms with Crippen LogP contribution in [0.5, 0.6) is 5.75 Å². The molecule has 2 heterocycles. The maximum Gasteiger partial charge on any atom is 0.336 e. The molecule has 1 aliphatic heterocycles. The van der Waals surface area contributed by atoms with Gasteiger partial charge in [-0.05, 0) is 48.4 Å². The standard InChI is InChI=1S/C19H11BrO4/c1-10-8-16(21)24-19-13(10)6-7-14-17(19)18(22)15(23-14)9-11-2-4-12(20)5-3-11/h2-9H,1H3. The second-order valence-corrected chi connectivity index (χ2v) is 6.47. The molecule has 0 spiro atoms. The van der Waals surface area contributed by atoms with Crippen molar-refractivity contribution in [2.45, 2.75) is 6.92 Å². The predicted octanol–water partition coefficient (Wildman–Crippen LogP) is 4.48. The molecule has 0 atom stereocenters. The second kappa shape index (κ2) is 5.46. The Morgan fingerprint density at radius 2 is 1.79 bits per heavy atom. The largest absolute Gasteiger partial charge is 0.452 e. The number of rotatable bonds is 1. The molecular weight excluding hydrogens is 372 g/mol. The molecule has 0 saturated carbocycles. The summed E-state index contributed by atoms with van der Waals surface area (Å²) in [6.07, 6.45) is 1.68. The Bertz CT molecular complexity index is 1070. The maximum absolute atomic E-state index is 12.7. The molecule has 24 heavy (non-hydrogen) atoms. The maximum atomic E-state index is 12.7. The lowest BCUT2D eigenvalue weighted by Gasteiger charge is -2.02. The van der Waals surface area contributed by atoms with Crippen molar-refractivity contribution in [2.75, 3.05) is 0 Å². The zero-order valence-corrected chi connectivity index (χ0v) is 14.2. The van der Waals surface area contributed by atoms with E-state index in [9.17, 15) is 9.59 Å². The summed E-state index contributed by atoms with van der Waals surface area (Å²) in [7, 11) is 0. The number of Topliss-reactive ketones (excluding diaryl/α,β-unsaturated/α-hetero) is 1. The number of benzene rings is 2. The summed E-state index contributed by atoms with van der Waals surface area (Å²) >= 11 is 3.37. The Balaban J connectivity index is 1.87. The summed E-state index contributed by atoms with van der Waals surface area (Å²) in [6, 6.07) is 12.5. The first-order chi connectivity index (χ1) is 11.5. The molecule has 0 amide bonds. The lowest BCUT2D eigenvalue weighted by molar-refractivity contribution is 0.101. The predicted molar refractivity (Wildman–Crippen MR) is 94.3 cm³/mol. The molecule has 0 fully saturated rings. The Morgan fingerprint density at radius 1 is 1.04 bits per heavy atom. The highest BCUT2D eigenvalue weighted by atomic mass is 79.9. The van der Waals surface area contributed by atoms with Gasteiger partial charge in [0.25, 0.3) is 0 Å². The smallest absolute Gasteiger partial charge is 0.336 e. The Kier molecular flexibility index (Phi) is 3.39. The molecule has 0 N–H and O–H groups in total. The summed E-state index contributed by atoms with van der Waals surface area (Å²) in [5.41, 5.74) is 1.71. The van der Waals surface area contributed by atoms with Crippen molar-refractivity contribution < 1.29 is 13.9 Å². The van der Waals surface area contributed by atoms with Gasteiger partial charge in [0.05, 0.1) is 0 Å². The Hall–Kier alpha value is -2.66. The van der Waals surface area contributed by atoms with Crippen molar-refractivity contribution >= 4 is 38.8 Å². The van der Waals surface area contributed by atoms with Crippen LogP contribution < -0.4 is 10.4 Å². The lowest BCUT2D eigenvalue weighted by Crippen LogP contribution is -2.02. The van der Waals surface area contributed by atoms with Crippen molar-refractivity contribution in [3.63, 3.8) is 0 Å². The number of ether oxygens (including phenoxy) is 1. The number of fused-ring (bicyclic) bond motifs is 3. The summed E-state index contributed by atoms with van der Waals surface area (Å²) in [5, 5.41) is 0.732. The van der Waals surface area contributed by atoms with Crippen LogP contribution in [0.4, 0.5) is 0 Å². The fraction of sp³-hybridized carbons (Fsp3) is 0.0526. The van der Waals surface area contributed by atoms with E-state index in [1.54, 1.807) is 18.2 Å². The molecule has 118 valence electrons. The van der Waals surface area contributed by atoms with Gasteiger partial charge in [0.2, 0.25) is 5.78 Å². The van der Waals surface area contributed by atoms with Crippen molar-refractivity contribution in [3.05, 3.63) is 79.8 Å². The first-order valence-corrected chi connectivity index (χ1v) is 8.09. The van der Waals surface area contributed by atoms with E-state index in [2.05, 4.69) is 15.9 Å². The highest BCUT2D eigenvalue weighted by molar-refractivity contribution is 9.10. The SMILES string of the molecule is Cc1cc(=O)oc2c3c(ccc12)OC(=Cc1ccc(Br)cc1)C3=O. The lowest BCUT2D eigenvalue weighted by atomic mass is 10.0. The van der Waals surface area contributed by atoms with Crippen molar-refractivity contribution in [3.8, 4) is 5.75 Å². The third kappa shape index (κ3) is 2.37. The fourth-order valence-corrected chi connectivity index (χ4v) is 3.02. The summed E-state index contributed by atoms with van der Waals surface area (Å²) in [6.45, 7) is 1.81. The van der Waals surface area contributed by atoms with Crippen LogP contribution in [0.2, 0.25) is 0 Å². The normalized spacial score (nSPS) is 14.9. The van der Waals surface area contributed by atoms with Crippen LogP contribution >= 0.6 is 15.9 Å². The van der Waals surface area contributed by atoms with E-state index in [0.717, 1.165) is 21.0 Å². The van der Waals surface area contributed by atoms with Crippen LogP contribution in [0.3, 0.4) is 0 Å². The third-order valence-electron chi connectivity index (χ3n) is 3.92. The van der Waals surface area contributed by atoms with Crippen LogP contribution in [-0.2, 0) is 0 Å². The summed E-state index contributed by atoms with van der Waals surface area (Å²) in [5.74, 6) is 0.334. The minimum Gasteiger partial charge on any atom is -0.452 e. The molecule has 3 aromatic rings. The number of hydrogen-bond acceptors (Lipinski definition) is 4. The van der Waals surface area contributed by atoms with Gasteiger partial charge in [0.1, 0.15) is 11.3 Å². The van der Waals surface area contributed by atoms with E-state index in [1.807, 2.05) is 31.2 Å². The highest BCUT2D eigenvalue weighted by Crippen LogP contribution is 2.37. The molecule has 0 aliphatic carbocycles. The Morgan fingerprint density at radius 3 is 2.54 bits per heavy atom. The van der Waals surface area contributed by atoms with Gasteiger partial charge in [-0.2, -0.15) is 0 Å². The Labute approximate surface area is 145 Å². The van der Waals surface area contributed by atoms with Crippen molar-refractivity contribution in [2.24, 2.45) is 0 Å². The molecule has 4 rings (SSSR count). The molecule has 0 unspecified atom stereocenters. The second-order valence-electron chi connectivity index (χ2n) is 5.56. The minimum absolute atomic E-state index is 0.212. The molecule has 2 aromatic carbocycles. The van der Waals surface area contributed by atoms with Crippen LogP contribution in [0.1, 0.15) is 21.5 Å². The number of aryl methyl sites for hydroxylation is 1. The van der Waals surface area contributed by atoms with E-state index in [-0.39, 0.29) is 17.1 Å². The third-order valence-corrected chi connectivity index (χ3v) is 4.45. The monoisotopic (exact) mass is 382 g/mol. The van der Waals surface area contributed by atoms with Crippen molar-refractivity contribution in [1.82, 2.24) is 0 Å². The van der Waals surface area contributed by atoms with Crippen LogP contribution in [0.15, 0.2) is 61.9 Å². The first-order valence-electron chi connectivity index (χ1n) is 7.30. The van der Waals surface area contributed by atoms with Crippen LogP contribution in [0.25, 0.3) is 17.0 Å². The fourth-order valence-electron chi connectivity index (χ4n) is 2.76. The van der Waals surface area contributed by atoms with Crippen molar-refractivity contribution in [1.29, 1.82) is 0 Å². The average molecular weight is 383 g/mol. The van der Waals surface area contributed by atoms with E-state index in [1.165, 1.54) is 6.07 Å². The van der Waals surface area contributed by atoms with Gasteiger partial charge in [0.15, 0.2) is 11.3 Å². The van der Waals surface area contributed by atoms with Gasteiger partial charge >= 0.3 is 5.63 Å². The van der Waals surface area contributed by atoms with Crippen LogP contribution in [-0.4, -0.2) is 5.78 Å². The van der Waals surface area contributed by atoms with Gasteiger partial charge in [-0.1, -0.05) is 28.1 Å². The molecule has 0 saturated heterocycles. The van der Waals surface area contributed by atoms with Crippen LogP contribution in [0, 0.1) is 6.92 Å². The van der Waals surface area contributed by atoms with Gasteiger partial charge in [-0.25, -0.2) is 4.79 Å². The summed E-state index contributed by atoms with van der Waals surface area (Å²) in [4.78, 5) is 24.4. The number of hydrogen-bond donors (Lipinski definition) is 0. The van der Waals surface area contributed by atoms with E-state index < -0.39 is 5.63 Å². The number of carbonyl (C=O) groups is 1. The number of carbonyl (C=O) groups excluding carboxylic acids is 1.